The first kappa shape index (κ1) is 11.8. The Morgan fingerprint density at radius 2 is 2.00 bits per heavy atom. The van der Waals surface area contributed by atoms with E-state index in [0.717, 1.165) is 0 Å². The number of alkyl halides is 2. The summed E-state index contributed by atoms with van der Waals surface area (Å²) in [5, 5.41) is 2.74. The van der Waals surface area contributed by atoms with Gasteiger partial charge in [-0.15, -0.1) is 0 Å². The molecule has 0 rings (SSSR count). The third-order valence-electron chi connectivity index (χ3n) is 1.75. The SMILES string of the molecule is CCNC(C(F)F)C(C)COC. The predicted molar refractivity (Wildman–Crippen MR) is 44.5 cm³/mol. The third kappa shape index (κ3) is 3.97. The Morgan fingerprint density at radius 3 is 2.33 bits per heavy atom. The van der Waals surface area contributed by atoms with Crippen LogP contribution in [0.25, 0.3) is 0 Å². The lowest BCUT2D eigenvalue weighted by Crippen LogP contribution is -2.42. The quantitative estimate of drug-likeness (QED) is 0.670. The van der Waals surface area contributed by atoms with Crippen molar-refractivity contribution in [3.05, 3.63) is 0 Å². The van der Waals surface area contributed by atoms with Gasteiger partial charge < -0.3 is 10.1 Å². The van der Waals surface area contributed by atoms with Crippen LogP contribution >= 0.6 is 0 Å². The van der Waals surface area contributed by atoms with Crippen LogP contribution in [0.3, 0.4) is 0 Å². The highest BCUT2D eigenvalue weighted by molar-refractivity contribution is 4.74. The predicted octanol–water partition coefficient (Wildman–Crippen LogP) is 1.51. The minimum Gasteiger partial charge on any atom is -0.384 e. The van der Waals surface area contributed by atoms with E-state index in [1.54, 1.807) is 6.92 Å². The van der Waals surface area contributed by atoms with Crippen LogP contribution < -0.4 is 5.32 Å². The molecule has 0 saturated carbocycles. The molecule has 0 bridgehead atoms. The molecule has 12 heavy (non-hydrogen) atoms. The molecule has 0 radical (unpaired) electrons. The van der Waals surface area contributed by atoms with Gasteiger partial charge in [-0.25, -0.2) is 8.78 Å². The lowest BCUT2D eigenvalue weighted by atomic mass is 10.0. The fraction of sp³-hybridized carbons (Fsp3) is 1.00. The minimum absolute atomic E-state index is 0.157. The standard InChI is InChI=1S/C8H17F2NO/c1-4-11-7(8(9)10)6(2)5-12-3/h6-8,11H,4-5H2,1-3H3. The molecule has 2 atom stereocenters. The molecule has 0 amide bonds. The van der Waals surface area contributed by atoms with E-state index in [0.29, 0.717) is 13.2 Å². The molecule has 0 aliphatic heterocycles. The molecule has 0 aromatic carbocycles. The minimum atomic E-state index is -2.32. The molecule has 0 spiro atoms. The first-order valence-electron chi connectivity index (χ1n) is 4.13. The number of rotatable bonds is 6. The fourth-order valence-corrected chi connectivity index (χ4v) is 1.14. The summed E-state index contributed by atoms with van der Waals surface area (Å²) in [5.74, 6) is -0.157. The molecular formula is C8H17F2NO. The van der Waals surface area contributed by atoms with Crippen LogP contribution in [0.2, 0.25) is 0 Å². The van der Waals surface area contributed by atoms with Gasteiger partial charge in [-0.3, -0.25) is 0 Å². The third-order valence-corrected chi connectivity index (χ3v) is 1.75. The van der Waals surface area contributed by atoms with Gasteiger partial charge in [0.25, 0.3) is 6.43 Å². The average molecular weight is 181 g/mol. The molecule has 1 N–H and O–H groups in total. The van der Waals surface area contributed by atoms with Gasteiger partial charge in [0.2, 0.25) is 0 Å². The van der Waals surface area contributed by atoms with Crippen molar-refractivity contribution in [2.24, 2.45) is 5.92 Å². The zero-order valence-electron chi connectivity index (χ0n) is 7.81. The van der Waals surface area contributed by atoms with Gasteiger partial charge in [0, 0.05) is 13.0 Å². The molecule has 0 aromatic heterocycles. The zero-order chi connectivity index (χ0) is 9.56. The first-order chi connectivity index (χ1) is 5.63. The average Bonchev–Trinajstić information content (AvgIpc) is 1.99. The maximum absolute atomic E-state index is 12.3. The Labute approximate surface area is 72.3 Å². The molecule has 4 heteroatoms. The Bertz CT molecular complexity index is 111. The van der Waals surface area contributed by atoms with Gasteiger partial charge in [0.1, 0.15) is 0 Å². The smallest absolute Gasteiger partial charge is 0.254 e. The highest BCUT2D eigenvalue weighted by atomic mass is 19.3. The van der Waals surface area contributed by atoms with E-state index >= 15 is 0 Å². The van der Waals surface area contributed by atoms with Crippen LogP contribution in [0.15, 0.2) is 0 Å². The van der Waals surface area contributed by atoms with Crippen molar-refractivity contribution in [1.82, 2.24) is 5.32 Å². The van der Waals surface area contributed by atoms with Gasteiger partial charge in [-0.1, -0.05) is 13.8 Å². The Morgan fingerprint density at radius 1 is 1.42 bits per heavy atom. The van der Waals surface area contributed by atoms with Crippen molar-refractivity contribution in [1.29, 1.82) is 0 Å². The number of methoxy groups -OCH3 is 1. The largest absolute Gasteiger partial charge is 0.384 e. The Kier molecular flexibility index (Phi) is 6.20. The number of nitrogens with one attached hydrogen (secondary N) is 1. The number of hydrogen-bond donors (Lipinski definition) is 1. The second-order valence-electron chi connectivity index (χ2n) is 2.85. The highest BCUT2D eigenvalue weighted by Crippen LogP contribution is 2.11. The summed E-state index contributed by atoms with van der Waals surface area (Å²) in [5.41, 5.74) is 0. The van der Waals surface area contributed by atoms with E-state index in [4.69, 9.17) is 4.74 Å². The van der Waals surface area contributed by atoms with Gasteiger partial charge in [0.05, 0.1) is 12.6 Å². The van der Waals surface area contributed by atoms with Crippen LogP contribution in [-0.4, -0.2) is 32.7 Å². The summed E-state index contributed by atoms with van der Waals surface area (Å²) in [6, 6.07) is -0.755. The summed E-state index contributed by atoms with van der Waals surface area (Å²) in [6.45, 7) is 4.49. The van der Waals surface area contributed by atoms with E-state index in [1.165, 1.54) is 7.11 Å². The number of hydrogen-bond acceptors (Lipinski definition) is 2. The fourth-order valence-electron chi connectivity index (χ4n) is 1.14. The Balaban J connectivity index is 3.90. The molecular weight excluding hydrogens is 164 g/mol. The van der Waals surface area contributed by atoms with Crippen LogP contribution in [0.1, 0.15) is 13.8 Å². The molecule has 0 fully saturated rings. The van der Waals surface area contributed by atoms with Gasteiger partial charge >= 0.3 is 0 Å². The normalized spacial score (nSPS) is 16.5. The summed E-state index contributed by atoms with van der Waals surface area (Å²) in [4.78, 5) is 0. The van der Waals surface area contributed by atoms with Crippen molar-refractivity contribution in [2.75, 3.05) is 20.3 Å². The van der Waals surface area contributed by atoms with Gasteiger partial charge in [-0.05, 0) is 6.54 Å². The van der Waals surface area contributed by atoms with E-state index in [2.05, 4.69) is 5.32 Å². The molecule has 0 aliphatic rings. The first-order valence-corrected chi connectivity index (χ1v) is 4.13. The van der Waals surface area contributed by atoms with Crippen molar-refractivity contribution in [3.8, 4) is 0 Å². The lowest BCUT2D eigenvalue weighted by Gasteiger charge is -2.23. The molecule has 0 aromatic rings. The highest BCUT2D eigenvalue weighted by Gasteiger charge is 2.25. The molecule has 0 saturated heterocycles. The topological polar surface area (TPSA) is 21.3 Å². The van der Waals surface area contributed by atoms with Crippen LogP contribution in [-0.2, 0) is 4.74 Å². The van der Waals surface area contributed by atoms with Crippen molar-refractivity contribution in [2.45, 2.75) is 26.3 Å². The lowest BCUT2D eigenvalue weighted by molar-refractivity contribution is 0.0449. The van der Waals surface area contributed by atoms with E-state index in [9.17, 15) is 8.78 Å². The van der Waals surface area contributed by atoms with Gasteiger partial charge in [-0.2, -0.15) is 0 Å². The Hall–Kier alpha value is -0.220. The second kappa shape index (κ2) is 6.31. The van der Waals surface area contributed by atoms with Crippen molar-refractivity contribution < 1.29 is 13.5 Å². The van der Waals surface area contributed by atoms with E-state index in [1.807, 2.05) is 6.92 Å². The van der Waals surface area contributed by atoms with E-state index < -0.39 is 12.5 Å². The number of halogens is 2. The molecule has 0 heterocycles. The molecule has 0 aliphatic carbocycles. The van der Waals surface area contributed by atoms with Crippen LogP contribution in [0, 0.1) is 5.92 Å². The van der Waals surface area contributed by atoms with Crippen LogP contribution in [0.4, 0.5) is 8.78 Å². The van der Waals surface area contributed by atoms with Crippen molar-refractivity contribution >= 4 is 0 Å². The number of ether oxygens (including phenoxy) is 1. The molecule has 2 nitrogen and oxygen atoms in total. The second-order valence-corrected chi connectivity index (χ2v) is 2.85. The summed E-state index contributed by atoms with van der Waals surface area (Å²) >= 11 is 0. The molecule has 2 unspecified atom stereocenters. The van der Waals surface area contributed by atoms with Crippen LogP contribution in [0.5, 0.6) is 0 Å². The zero-order valence-corrected chi connectivity index (χ0v) is 7.81. The maximum Gasteiger partial charge on any atom is 0.254 e. The van der Waals surface area contributed by atoms with E-state index in [-0.39, 0.29) is 5.92 Å². The van der Waals surface area contributed by atoms with Crippen molar-refractivity contribution in [3.63, 3.8) is 0 Å². The monoisotopic (exact) mass is 181 g/mol. The van der Waals surface area contributed by atoms with Gasteiger partial charge in [0.15, 0.2) is 0 Å². The summed E-state index contributed by atoms with van der Waals surface area (Å²) in [7, 11) is 1.52. The maximum atomic E-state index is 12.3. The summed E-state index contributed by atoms with van der Waals surface area (Å²) in [6.07, 6.45) is -2.32. The summed E-state index contributed by atoms with van der Waals surface area (Å²) < 4.78 is 29.5. The molecule has 74 valence electrons.